The number of aromatic nitrogens is 1. The highest BCUT2D eigenvalue weighted by Gasteiger charge is 2.40. The average Bonchev–Trinajstić information content (AvgIpc) is 3.08. The molecular weight excluding hydrogens is 322 g/mol. The highest BCUT2D eigenvalue weighted by atomic mass is 32.1. The number of ether oxygens (including phenoxy) is 1. The first kappa shape index (κ1) is 15.6. The lowest BCUT2D eigenvalue weighted by atomic mass is 9.79. The van der Waals surface area contributed by atoms with Crippen LogP contribution in [0.5, 0.6) is 10.8 Å². The molecule has 2 aromatic rings. The summed E-state index contributed by atoms with van der Waals surface area (Å²) in [5.41, 5.74) is 0. The van der Waals surface area contributed by atoms with E-state index >= 15 is 0 Å². The predicted octanol–water partition coefficient (Wildman–Crippen LogP) is 3.15. The quantitative estimate of drug-likeness (QED) is 0.926. The second-order valence-electron chi connectivity index (χ2n) is 6.52. The molecule has 2 bridgehead atoms. The number of nitrogens with one attached hydrogen (secondary N) is 1. The topological polar surface area (TPSA) is 54.5 Å². The van der Waals surface area contributed by atoms with Crippen LogP contribution in [0, 0.1) is 5.92 Å². The molecule has 6 heteroatoms. The molecule has 2 atom stereocenters. The van der Waals surface area contributed by atoms with E-state index in [-0.39, 0.29) is 11.9 Å². The molecule has 0 aliphatic carbocycles. The van der Waals surface area contributed by atoms with E-state index in [1.807, 2.05) is 24.3 Å². The van der Waals surface area contributed by atoms with Crippen molar-refractivity contribution in [3.63, 3.8) is 0 Å². The van der Waals surface area contributed by atoms with Crippen LogP contribution in [0.4, 0.5) is 0 Å². The van der Waals surface area contributed by atoms with Crippen molar-refractivity contribution in [1.29, 1.82) is 0 Å². The van der Waals surface area contributed by atoms with Gasteiger partial charge in [-0.15, -0.1) is 0 Å². The van der Waals surface area contributed by atoms with Crippen molar-refractivity contribution in [1.82, 2.24) is 15.2 Å². The molecule has 3 fully saturated rings. The molecule has 2 unspecified atom stereocenters. The molecule has 24 heavy (non-hydrogen) atoms. The summed E-state index contributed by atoms with van der Waals surface area (Å²) in [6, 6.07) is 8.02. The maximum Gasteiger partial charge on any atom is 0.261 e. The van der Waals surface area contributed by atoms with Crippen molar-refractivity contribution in [3.8, 4) is 10.8 Å². The summed E-state index contributed by atoms with van der Waals surface area (Å²) in [4.78, 5) is 19.8. The largest absolute Gasteiger partial charge is 0.445 e. The number of piperidine rings is 3. The van der Waals surface area contributed by atoms with Gasteiger partial charge in [-0.05, 0) is 63.0 Å². The third-order valence-corrected chi connectivity index (χ3v) is 6.10. The summed E-state index contributed by atoms with van der Waals surface area (Å²) in [5, 5.41) is 3.96. The van der Waals surface area contributed by atoms with Crippen molar-refractivity contribution in [3.05, 3.63) is 41.5 Å². The smallest absolute Gasteiger partial charge is 0.261 e. The van der Waals surface area contributed by atoms with Crippen molar-refractivity contribution >= 4 is 17.2 Å². The summed E-state index contributed by atoms with van der Waals surface area (Å²) >= 11 is 1.37. The zero-order valence-corrected chi connectivity index (χ0v) is 14.5. The molecule has 0 spiro atoms. The van der Waals surface area contributed by atoms with Gasteiger partial charge in [0.05, 0.1) is 11.1 Å². The monoisotopic (exact) mass is 343 g/mol. The third-order valence-electron chi connectivity index (χ3n) is 5.13. The Labute approximate surface area is 145 Å². The van der Waals surface area contributed by atoms with Gasteiger partial charge in [0.15, 0.2) is 5.06 Å². The second-order valence-corrected chi connectivity index (χ2v) is 7.57. The van der Waals surface area contributed by atoms with Crippen LogP contribution in [0.3, 0.4) is 0 Å². The Hall–Kier alpha value is -1.92. The van der Waals surface area contributed by atoms with Crippen LogP contribution in [-0.2, 0) is 0 Å². The van der Waals surface area contributed by atoms with E-state index in [9.17, 15) is 4.79 Å². The molecule has 3 aliphatic rings. The number of hydrogen-bond acceptors (Lipinski definition) is 5. The molecule has 0 aromatic carbocycles. The van der Waals surface area contributed by atoms with Gasteiger partial charge in [0, 0.05) is 18.3 Å². The van der Waals surface area contributed by atoms with Crippen LogP contribution < -0.4 is 10.1 Å². The Balaban J connectivity index is 1.42. The average molecular weight is 343 g/mol. The summed E-state index contributed by atoms with van der Waals surface area (Å²) in [5.74, 6) is 1.30. The number of thiophene rings is 1. The van der Waals surface area contributed by atoms with E-state index in [4.69, 9.17) is 4.74 Å². The van der Waals surface area contributed by atoms with Crippen LogP contribution >= 0.6 is 11.3 Å². The second kappa shape index (κ2) is 6.53. The van der Waals surface area contributed by atoms with E-state index in [2.05, 4.69) is 22.1 Å². The van der Waals surface area contributed by atoms with E-state index in [0.29, 0.717) is 27.6 Å². The Bertz CT molecular complexity index is 708. The number of nitrogens with zero attached hydrogens (tertiary/aromatic N) is 2. The van der Waals surface area contributed by atoms with Gasteiger partial charge in [-0.3, -0.25) is 14.7 Å². The zero-order chi connectivity index (χ0) is 16.5. The van der Waals surface area contributed by atoms with Crippen molar-refractivity contribution < 1.29 is 9.53 Å². The first-order chi connectivity index (χ1) is 11.7. The van der Waals surface area contributed by atoms with Gasteiger partial charge in [-0.2, -0.15) is 0 Å². The number of pyridine rings is 1. The number of rotatable bonds is 4. The van der Waals surface area contributed by atoms with E-state index < -0.39 is 0 Å². The minimum atomic E-state index is 0.00615. The normalized spacial score (nSPS) is 28.5. The Morgan fingerprint density at radius 1 is 1.33 bits per heavy atom. The molecule has 3 saturated heterocycles. The first-order valence-corrected chi connectivity index (χ1v) is 9.25. The van der Waals surface area contributed by atoms with E-state index in [0.717, 1.165) is 0 Å². The highest BCUT2D eigenvalue weighted by Crippen LogP contribution is 2.33. The van der Waals surface area contributed by atoms with Gasteiger partial charge in [-0.1, -0.05) is 11.3 Å². The molecular formula is C18H21N3O2S. The minimum Gasteiger partial charge on any atom is -0.445 e. The number of carbonyl (C=O) groups is 1. The number of carbonyl (C=O) groups excluding carboxylic acids is 1. The van der Waals surface area contributed by atoms with Gasteiger partial charge in [-0.25, -0.2) is 0 Å². The summed E-state index contributed by atoms with van der Waals surface area (Å²) in [6.45, 7) is 4.56. The van der Waals surface area contributed by atoms with Gasteiger partial charge in [0.25, 0.3) is 5.91 Å². The summed E-state index contributed by atoms with van der Waals surface area (Å²) in [7, 11) is 0. The fourth-order valence-corrected chi connectivity index (χ4v) is 4.57. The maximum atomic E-state index is 12.6. The lowest BCUT2D eigenvalue weighted by molar-refractivity contribution is 0.0218. The predicted molar refractivity (Wildman–Crippen MR) is 93.6 cm³/mol. The minimum absolute atomic E-state index is 0.00615. The standard InChI is InChI=1S/C18H21N3O2S/c1-12-17(13-6-9-21(12)10-7-13)20-18(22)15-4-5-16(24-15)23-14-3-2-8-19-11-14/h2-5,8,11-13,17H,6-7,9-10H2,1H3,(H,20,22). The molecule has 126 valence electrons. The van der Waals surface area contributed by atoms with Crippen molar-refractivity contribution in [2.45, 2.75) is 31.8 Å². The molecule has 3 aliphatic heterocycles. The summed E-state index contributed by atoms with van der Waals surface area (Å²) < 4.78 is 5.74. The fraction of sp³-hybridized carbons (Fsp3) is 0.444. The number of amides is 1. The van der Waals surface area contributed by atoms with Crippen LogP contribution in [0.15, 0.2) is 36.7 Å². The maximum absolute atomic E-state index is 12.6. The number of hydrogen-bond donors (Lipinski definition) is 1. The first-order valence-electron chi connectivity index (χ1n) is 8.43. The SMILES string of the molecule is CC1C(NC(=O)c2ccc(Oc3cccnc3)s2)C2CCN1CC2. The molecule has 0 radical (unpaired) electrons. The van der Waals surface area contributed by atoms with Gasteiger partial charge in [0.1, 0.15) is 5.75 Å². The van der Waals surface area contributed by atoms with Crippen LogP contribution in [-0.4, -0.2) is 41.0 Å². The zero-order valence-electron chi connectivity index (χ0n) is 13.6. The number of fused-ring (bicyclic) bond motifs is 3. The van der Waals surface area contributed by atoms with Gasteiger partial charge >= 0.3 is 0 Å². The third kappa shape index (κ3) is 3.03. The van der Waals surface area contributed by atoms with Crippen LogP contribution in [0.1, 0.15) is 29.4 Å². The molecule has 1 amide bonds. The van der Waals surface area contributed by atoms with Crippen molar-refractivity contribution in [2.24, 2.45) is 5.92 Å². The molecule has 5 heterocycles. The molecule has 0 saturated carbocycles. The molecule has 2 aromatic heterocycles. The lowest BCUT2D eigenvalue weighted by Crippen LogP contribution is -2.62. The van der Waals surface area contributed by atoms with Gasteiger partial charge in [0.2, 0.25) is 0 Å². The fourth-order valence-electron chi connectivity index (χ4n) is 3.79. The van der Waals surface area contributed by atoms with Crippen LogP contribution in [0.2, 0.25) is 0 Å². The van der Waals surface area contributed by atoms with Crippen LogP contribution in [0.25, 0.3) is 0 Å². The molecule has 5 nitrogen and oxygen atoms in total. The Kier molecular flexibility index (Phi) is 4.24. The van der Waals surface area contributed by atoms with Gasteiger partial charge < -0.3 is 10.1 Å². The summed E-state index contributed by atoms with van der Waals surface area (Å²) in [6.07, 6.45) is 5.74. The van der Waals surface area contributed by atoms with E-state index in [1.165, 1.54) is 37.3 Å². The van der Waals surface area contributed by atoms with E-state index in [1.54, 1.807) is 12.4 Å². The molecule has 5 rings (SSSR count). The molecule has 1 N–H and O–H groups in total. The van der Waals surface area contributed by atoms with Crippen molar-refractivity contribution in [2.75, 3.05) is 13.1 Å². The highest BCUT2D eigenvalue weighted by molar-refractivity contribution is 7.15. The Morgan fingerprint density at radius 3 is 2.88 bits per heavy atom. The lowest BCUT2D eigenvalue weighted by Gasteiger charge is -2.49. The Morgan fingerprint density at radius 2 is 2.17 bits per heavy atom.